The second-order valence-corrected chi connectivity index (χ2v) is 5.32. The number of amides is 2. The van der Waals surface area contributed by atoms with Crippen LogP contribution >= 0.6 is 0 Å². The lowest BCUT2D eigenvalue weighted by atomic mass is 9.95. The van der Waals surface area contributed by atoms with Gasteiger partial charge in [-0.3, -0.25) is 0 Å². The first-order valence-corrected chi connectivity index (χ1v) is 7.24. The first-order valence-electron chi connectivity index (χ1n) is 7.24. The van der Waals surface area contributed by atoms with Gasteiger partial charge in [-0.25, -0.2) is 4.79 Å². The quantitative estimate of drug-likeness (QED) is 0.759. The summed E-state index contributed by atoms with van der Waals surface area (Å²) in [6, 6.07) is 0.697. The Kier molecular flexibility index (Phi) is 6.38. The zero-order valence-corrected chi connectivity index (χ0v) is 11.6. The molecule has 3 nitrogen and oxygen atoms in total. The predicted molar refractivity (Wildman–Crippen MR) is 72.1 cm³/mol. The molecule has 0 aromatic heterocycles. The third-order valence-corrected chi connectivity index (χ3v) is 4.06. The molecule has 1 fully saturated rings. The molecule has 3 heteroatoms. The number of carbonyl (C=O) groups is 1. The van der Waals surface area contributed by atoms with Crippen LogP contribution in [0.2, 0.25) is 0 Å². The summed E-state index contributed by atoms with van der Waals surface area (Å²) in [7, 11) is 0. The summed E-state index contributed by atoms with van der Waals surface area (Å²) in [6.45, 7) is 6.48. The van der Waals surface area contributed by atoms with E-state index in [2.05, 4.69) is 31.4 Å². The number of carbonyl (C=O) groups excluding carboxylic acids is 1. The van der Waals surface area contributed by atoms with Gasteiger partial charge in [0.1, 0.15) is 0 Å². The van der Waals surface area contributed by atoms with Crippen molar-refractivity contribution in [2.75, 3.05) is 0 Å². The van der Waals surface area contributed by atoms with Crippen LogP contribution in [0.25, 0.3) is 0 Å². The summed E-state index contributed by atoms with van der Waals surface area (Å²) in [6.07, 6.45) is 8.38. The molecule has 100 valence electrons. The van der Waals surface area contributed by atoms with E-state index in [9.17, 15) is 4.79 Å². The average Bonchev–Trinajstić information content (AvgIpc) is 2.31. The highest BCUT2D eigenvalue weighted by atomic mass is 16.2. The van der Waals surface area contributed by atoms with Crippen molar-refractivity contribution in [2.45, 2.75) is 77.8 Å². The van der Waals surface area contributed by atoms with Crippen molar-refractivity contribution < 1.29 is 4.79 Å². The van der Waals surface area contributed by atoms with E-state index in [4.69, 9.17) is 0 Å². The number of rotatable bonds is 5. The van der Waals surface area contributed by atoms with Gasteiger partial charge >= 0.3 is 6.03 Å². The second kappa shape index (κ2) is 7.57. The molecule has 0 aliphatic heterocycles. The van der Waals surface area contributed by atoms with Gasteiger partial charge in [-0.15, -0.1) is 0 Å². The average molecular weight is 240 g/mol. The lowest BCUT2D eigenvalue weighted by Crippen LogP contribution is -2.47. The summed E-state index contributed by atoms with van der Waals surface area (Å²) in [4.78, 5) is 11.8. The highest BCUT2D eigenvalue weighted by Crippen LogP contribution is 2.17. The molecule has 1 aliphatic rings. The summed E-state index contributed by atoms with van der Waals surface area (Å²) in [5, 5.41) is 6.18. The molecule has 2 N–H and O–H groups in total. The summed E-state index contributed by atoms with van der Waals surface area (Å²) in [5.41, 5.74) is 0. The molecule has 0 aromatic rings. The molecule has 17 heavy (non-hydrogen) atoms. The molecule has 0 spiro atoms. The van der Waals surface area contributed by atoms with Gasteiger partial charge in [0, 0.05) is 12.1 Å². The topological polar surface area (TPSA) is 41.1 Å². The molecule has 2 amide bonds. The predicted octanol–water partition coefficient (Wildman–Crippen LogP) is 3.44. The number of nitrogens with one attached hydrogen (secondary N) is 2. The maximum absolute atomic E-state index is 11.8. The van der Waals surface area contributed by atoms with Gasteiger partial charge in [0.25, 0.3) is 0 Å². The van der Waals surface area contributed by atoms with Gasteiger partial charge in [-0.2, -0.15) is 0 Å². The highest BCUT2D eigenvalue weighted by Gasteiger charge is 2.19. The molecular formula is C14H28N2O. The van der Waals surface area contributed by atoms with Crippen molar-refractivity contribution in [1.82, 2.24) is 10.6 Å². The van der Waals surface area contributed by atoms with Gasteiger partial charge in [-0.05, 0) is 25.7 Å². The van der Waals surface area contributed by atoms with E-state index in [-0.39, 0.29) is 12.1 Å². The number of hydrogen-bond donors (Lipinski definition) is 2. The van der Waals surface area contributed by atoms with Gasteiger partial charge in [0.05, 0.1) is 0 Å². The van der Waals surface area contributed by atoms with E-state index in [0.29, 0.717) is 12.0 Å². The van der Waals surface area contributed by atoms with Gasteiger partial charge < -0.3 is 10.6 Å². The smallest absolute Gasteiger partial charge is 0.315 e. The largest absolute Gasteiger partial charge is 0.335 e. The Hall–Kier alpha value is -0.730. The van der Waals surface area contributed by atoms with E-state index in [1.54, 1.807) is 0 Å². The molecular weight excluding hydrogens is 212 g/mol. The van der Waals surface area contributed by atoms with Crippen LogP contribution in [0.5, 0.6) is 0 Å². The Bertz CT molecular complexity index is 220. The molecule has 0 saturated heterocycles. The van der Waals surface area contributed by atoms with Crippen LogP contribution in [0.4, 0.5) is 4.79 Å². The van der Waals surface area contributed by atoms with Crippen molar-refractivity contribution in [2.24, 2.45) is 5.92 Å². The minimum absolute atomic E-state index is 0.0244. The molecule has 1 aliphatic carbocycles. The zero-order chi connectivity index (χ0) is 12.7. The van der Waals surface area contributed by atoms with Crippen LogP contribution in [0.1, 0.15) is 65.7 Å². The summed E-state index contributed by atoms with van der Waals surface area (Å²) >= 11 is 0. The van der Waals surface area contributed by atoms with Crippen molar-refractivity contribution in [3.05, 3.63) is 0 Å². The SMILES string of the molecule is CCC(CC)C(C)NC(=O)NC1CCCCC1. The Morgan fingerprint density at radius 1 is 1.18 bits per heavy atom. The van der Waals surface area contributed by atoms with Crippen molar-refractivity contribution in [3.63, 3.8) is 0 Å². The zero-order valence-electron chi connectivity index (χ0n) is 11.6. The maximum atomic E-state index is 11.8. The second-order valence-electron chi connectivity index (χ2n) is 5.32. The number of urea groups is 1. The maximum Gasteiger partial charge on any atom is 0.315 e. The lowest BCUT2D eigenvalue weighted by Gasteiger charge is -2.26. The molecule has 0 bridgehead atoms. The monoisotopic (exact) mass is 240 g/mol. The van der Waals surface area contributed by atoms with Crippen LogP contribution in [0, 0.1) is 5.92 Å². The Morgan fingerprint density at radius 2 is 1.76 bits per heavy atom. The van der Waals surface area contributed by atoms with Crippen molar-refractivity contribution in [3.8, 4) is 0 Å². The van der Waals surface area contributed by atoms with Crippen molar-refractivity contribution >= 4 is 6.03 Å². The first-order chi connectivity index (χ1) is 8.17. The Labute approximate surface area is 106 Å². The summed E-state index contributed by atoms with van der Waals surface area (Å²) < 4.78 is 0. The fraction of sp³-hybridized carbons (Fsp3) is 0.929. The molecule has 1 unspecified atom stereocenters. The van der Waals surface area contributed by atoms with E-state index in [1.807, 2.05) is 0 Å². The Morgan fingerprint density at radius 3 is 2.29 bits per heavy atom. The molecule has 1 atom stereocenters. The minimum Gasteiger partial charge on any atom is -0.335 e. The third-order valence-electron chi connectivity index (χ3n) is 4.06. The highest BCUT2D eigenvalue weighted by molar-refractivity contribution is 5.74. The number of hydrogen-bond acceptors (Lipinski definition) is 1. The fourth-order valence-corrected chi connectivity index (χ4v) is 2.79. The van der Waals surface area contributed by atoms with Crippen molar-refractivity contribution in [1.29, 1.82) is 0 Å². The minimum atomic E-state index is 0.0244. The van der Waals surface area contributed by atoms with Crippen LogP contribution in [0.3, 0.4) is 0 Å². The van der Waals surface area contributed by atoms with E-state index >= 15 is 0 Å². The first kappa shape index (κ1) is 14.3. The van der Waals surface area contributed by atoms with Crippen LogP contribution < -0.4 is 10.6 Å². The molecule has 0 aromatic carbocycles. The van der Waals surface area contributed by atoms with E-state index < -0.39 is 0 Å². The molecule has 0 radical (unpaired) electrons. The van der Waals surface area contributed by atoms with Crippen LogP contribution in [0.15, 0.2) is 0 Å². The lowest BCUT2D eigenvalue weighted by molar-refractivity contribution is 0.223. The molecule has 0 heterocycles. The van der Waals surface area contributed by atoms with Gasteiger partial charge in [0.2, 0.25) is 0 Å². The fourth-order valence-electron chi connectivity index (χ4n) is 2.79. The standard InChI is InChI=1S/C14H28N2O/c1-4-12(5-2)11(3)15-14(17)16-13-9-7-6-8-10-13/h11-13H,4-10H2,1-3H3,(H2,15,16,17). The normalized spacial score (nSPS) is 19.1. The third kappa shape index (κ3) is 4.97. The van der Waals surface area contributed by atoms with Gasteiger partial charge in [0.15, 0.2) is 0 Å². The molecule has 1 rings (SSSR count). The Balaban J connectivity index is 2.27. The van der Waals surface area contributed by atoms with E-state index in [0.717, 1.165) is 25.7 Å². The molecule has 1 saturated carbocycles. The van der Waals surface area contributed by atoms with Crippen LogP contribution in [-0.4, -0.2) is 18.1 Å². The van der Waals surface area contributed by atoms with Gasteiger partial charge in [-0.1, -0.05) is 46.0 Å². The van der Waals surface area contributed by atoms with E-state index in [1.165, 1.54) is 19.3 Å². The summed E-state index contributed by atoms with van der Waals surface area (Å²) in [5.74, 6) is 0.590. The van der Waals surface area contributed by atoms with Crippen LogP contribution in [-0.2, 0) is 0 Å².